The molecule has 2 fully saturated rings. The highest BCUT2D eigenvalue weighted by atomic mass is 35.5. The molecule has 0 aliphatic carbocycles. The lowest BCUT2D eigenvalue weighted by Crippen LogP contribution is -2.41. The van der Waals surface area contributed by atoms with E-state index in [1.165, 1.54) is 32.2 Å². The van der Waals surface area contributed by atoms with Gasteiger partial charge in [-0.2, -0.15) is 0 Å². The van der Waals surface area contributed by atoms with E-state index in [0.29, 0.717) is 29.5 Å². The third-order valence-corrected chi connectivity index (χ3v) is 4.56. The van der Waals surface area contributed by atoms with Crippen LogP contribution >= 0.6 is 11.6 Å². The lowest BCUT2D eigenvalue weighted by Gasteiger charge is -2.33. The summed E-state index contributed by atoms with van der Waals surface area (Å²) in [5.41, 5.74) is 0. The molecule has 2 aliphatic heterocycles. The highest BCUT2D eigenvalue weighted by Crippen LogP contribution is 2.23. The van der Waals surface area contributed by atoms with Gasteiger partial charge >= 0.3 is 0 Å². The first-order chi connectivity index (χ1) is 10.3. The van der Waals surface area contributed by atoms with Crippen LogP contribution in [-0.4, -0.2) is 48.8 Å². The first-order valence-electron chi connectivity index (χ1n) is 7.88. The molecule has 2 aliphatic rings. The van der Waals surface area contributed by atoms with Crippen molar-refractivity contribution in [3.8, 4) is 5.88 Å². The lowest BCUT2D eigenvalue weighted by atomic mass is 9.98. The molecule has 2 unspecified atom stereocenters. The molecule has 116 valence electrons. The topological polar surface area (TPSA) is 34.6 Å². The molecule has 5 heteroatoms. The Morgan fingerprint density at radius 1 is 1.38 bits per heavy atom. The maximum Gasteiger partial charge on any atom is 0.232 e. The first kappa shape index (κ1) is 15.1. The summed E-state index contributed by atoms with van der Waals surface area (Å²) in [7, 11) is 0. The molecule has 1 aromatic rings. The van der Waals surface area contributed by atoms with Crippen LogP contribution in [0, 0.1) is 5.92 Å². The number of likely N-dealkylation sites (tertiary alicyclic amines) is 1. The summed E-state index contributed by atoms with van der Waals surface area (Å²) in [5, 5.41) is 0.588. The summed E-state index contributed by atoms with van der Waals surface area (Å²) < 4.78 is 11.5. The number of piperidine rings is 1. The Kier molecular flexibility index (Phi) is 5.33. The number of nitrogens with zero attached hydrogens (tertiary/aromatic N) is 2. The smallest absolute Gasteiger partial charge is 0.232 e. The summed E-state index contributed by atoms with van der Waals surface area (Å²) in [5.74, 6) is 1.11. The summed E-state index contributed by atoms with van der Waals surface area (Å²) in [6.45, 7) is 4.97. The van der Waals surface area contributed by atoms with E-state index >= 15 is 0 Å². The molecule has 3 heterocycles. The van der Waals surface area contributed by atoms with Gasteiger partial charge in [-0.1, -0.05) is 11.6 Å². The van der Waals surface area contributed by atoms with E-state index in [2.05, 4.69) is 9.88 Å². The molecule has 0 aromatic carbocycles. The van der Waals surface area contributed by atoms with Crippen molar-refractivity contribution < 1.29 is 9.47 Å². The van der Waals surface area contributed by atoms with Crippen LogP contribution in [0.1, 0.15) is 25.7 Å². The van der Waals surface area contributed by atoms with Gasteiger partial charge in [-0.3, -0.25) is 0 Å². The van der Waals surface area contributed by atoms with E-state index in [-0.39, 0.29) is 0 Å². The maximum atomic E-state index is 6.07. The molecule has 4 nitrogen and oxygen atoms in total. The minimum absolute atomic E-state index is 0.440. The number of aromatic nitrogens is 1. The molecule has 0 saturated carbocycles. The van der Waals surface area contributed by atoms with Gasteiger partial charge in [-0.25, -0.2) is 4.98 Å². The van der Waals surface area contributed by atoms with Crippen molar-refractivity contribution >= 4 is 11.6 Å². The molecule has 21 heavy (non-hydrogen) atoms. The number of hydrogen-bond donors (Lipinski definition) is 0. The second-order valence-corrected chi connectivity index (χ2v) is 6.41. The van der Waals surface area contributed by atoms with Crippen LogP contribution in [0.3, 0.4) is 0 Å². The van der Waals surface area contributed by atoms with Gasteiger partial charge in [-0.15, -0.1) is 0 Å². The molecule has 2 saturated heterocycles. The van der Waals surface area contributed by atoms with Crippen molar-refractivity contribution in [1.82, 2.24) is 9.88 Å². The second-order valence-electron chi connectivity index (χ2n) is 6.00. The predicted molar refractivity (Wildman–Crippen MR) is 82.9 cm³/mol. The summed E-state index contributed by atoms with van der Waals surface area (Å²) in [4.78, 5) is 6.70. The quantitative estimate of drug-likeness (QED) is 0.837. The van der Waals surface area contributed by atoms with E-state index < -0.39 is 0 Å². The zero-order valence-corrected chi connectivity index (χ0v) is 13.1. The molecule has 0 N–H and O–H groups in total. The van der Waals surface area contributed by atoms with Gasteiger partial charge in [0, 0.05) is 31.8 Å². The van der Waals surface area contributed by atoms with Crippen molar-refractivity contribution in [2.45, 2.75) is 31.8 Å². The van der Waals surface area contributed by atoms with Crippen LogP contribution in [-0.2, 0) is 4.74 Å². The SMILES string of the molecule is Clc1cccnc1OCC1CCCN(CC2CCCO2)C1. The Morgan fingerprint density at radius 2 is 2.33 bits per heavy atom. The van der Waals surface area contributed by atoms with Crippen molar-refractivity contribution in [3.63, 3.8) is 0 Å². The molecular weight excluding hydrogens is 288 g/mol. The zero-order valence-electron chi connectivity index (χ0n) is 12.3. The van der Waals surface area contributed by atoms with Gasteiger partial charge in [0.2, 0.25) is 5.88 Å². The summed E-state index contributed by atoms with van der Waals surface area (Å²) >= 11 is 6.07. The van der Waals surface area contributed by atoms with Crippen LogP contribution in [0.5, 0.6) is 5.88 Å². The van der Waals surface area contributed by atoms with Gasteiger partial charge in [0.15, 0.2) is 0 Å². The lowest BCUT2D eigenvalue weighted by molar-refractivity contribution is 0.0492. The van der Waals surface area contributed by atoms with E-state index in [9.17, 15) is 0 Å². The molecule has 0 amide bonds. The first-order valence-corrected chi connectivity index (χ1v) is 8.26. The Balaban J connectivity index is 1.46. The largest absolute Gasteiger partial charge is 0.476 e. The third-order valence-electron chi connectivity index (χ3n) is 4.27. The highest BCUT2D eigenvalue weighted by Gasteiger charge is 2.25. The van der Waals surface area contributed by atoms with Crippen LogP contribution in [0.4, 0.5) is 0 Å². The normalized spacial score (nSPS) is 26.9. The van der Waals surface area contributed by atoms with Gasteiger partial charge in [0.25, 0.3) is 0 Å². The fourth-order valence-corrected chi connectivity index (χ4v) is 3.38. The highest BCUT2D eigenvalue weighted by molar-refractivity contribution is 6.31. The van der Waals surface area contributed by atoms with Crippen LogP contribution in [0.15, 0.2) is 18.3 Å². The van der Waals surface area contributed by atoms with Crippen LogP contribution in [0.2, 0.25) is 5.02 Å². The number of hydrogen-bond acceptors (Lipinski definition) is 4. The minimum atomic E-state index is 0.440. The predicted octanol–water partition coefficient (Wildman–Crippen LogP) is 3.00. The Hall–Kier alpha value is -0.840. The fraction of sp³-hybridized carbons (Fsp3) is 0.688. The second kappa shape index (κ2) is 7.43. The van der Waals surface area contributed by atoms with E-state index in [4.69, 9.17) is 21.1 Å². The molecular formula is C16H23ClN2O2. The minimum Gasteiger partial charge on any atom is -0.476 e. The Morgan fingerprint density at radius 3 is 3.14 bits per heavy atom. The van der Waals surface area contributed by atoms with E-state index in [1.807, 2.05) is 12.1 Å². The fourth-order valence-electron chi connectivity index (χ4n) is 3.20. The molecule has 1 aromatic heterocycles. The average Bonchev–Trinajstić information content (AvgIpc) is 3.00. The molecule has 0 radical (unpaired) electrons. The van der Waals surface area contributed by atoms with Crippen molar-refractivity contribution in [2.24, 2.45) is 5.92 Å². The number of pyridine rings is 1. The molecule has 3 rings (SSSR count). The number of halogens is 1. The van der Waals surface area contributed by atoms with Crippen molar-refractivity contribution in [3.05, 3.63) is 23.4 Å². The summed E-state index contributed by atoms with van der Waals surface area (Å²) in [6, 6.07) is 3.63. The molecule has 2 atom stereocenters. The molecule has 0 bridgehead atoms. The maximum absolute atomic E-state index is 6.07. The van der Waals surface area contributed by atoms with Crippen LogP contribution in [0.25, 0.3) is 0 Å². The van der Waals surface area contributed by atoms with Gasteiger partial charge in [0.1, 0.15) is 5.02 Å². The zero-order chi connectivity index (χ0) is 14.5. The monoisotopic (exact) mass is 310 g/mol. The number of rotatable bonds is 5. The summed E-state index contributed by atoms with van der Waals surface area (Å²) in [6.07, 6.45) is 7.02. The Labute approximate surface area is 131 Å². The molecule has 0 spiro atoms. The van der Waals surface area contributed by atoms with Crippen molar-refractivity contribution in [1.29, 1.82) is 0 Å². The standard InChI is InChI=1S/C16H23ClN2O2/c17-15-6-1-7-18-16(15)21-12-13-4-2-8-19(10-13)11-14-5-3-9-20-14/h1,6-7,13-14H,2-5,8-12H2. The van der Waals surface area contributed by atoms with E-state index in [0.717, 1.165) is 19.7 Å². The van der Waals surface area contributed by atoms with Gasteiger partial charge in [0.05, 0.1) is 12.7 Å². The van der Waals surface area contributed by atoms with E-state index in [1.54, 1.807) is 6.20 Å². The van der Waals surface area contributed by atoms with Gasteiger partial charge < -0.3 is 14.4 Å². The average molecular weight is 311 g/mol. The third kappa shape index (κ3) is 4.31. The van der Waals surface area contributed by atoms with Crippen LogP contribution < -0.4 is 4.74 Å². The van der Waals surface area contributed by atoms with Gasteiger partial charge in [-0.05, 0) is 44.4 Å². The number of ether oxygens (including phenoxy) is 2. The van der Waals surface area contributed by atoms with Crippen molar-refractivity contribution in [2.75, 3.05) is 32.8 Å². The Bertz CT molecular complexity index is 452.